The second-order valence-corrected chi connectivity index (χ2v) is 2.10. The van der Waals surface area contributed by atoms with Crippen molar-refractivity contribution < 1.29 is 14.3 Å². The van der Waals surface area contributed by atoms with Crippen molar-refractivity contribution in [3.63, 3.8) is 0 Å². The topological polar surface area (TPSA) is 43.4 Å². The number of unbranched alkanes of at least 4 members (excludes halogenated alkanes) is 1. The minimum Gasteiger partial charge on any atom is -0.390 e. The maximum absolute atomic E-state index is 10.6. The summed E-state index contributed by atoms with van der Waals surface area (Å²) in [6, 6.07) is 0. The molecule has 0 aromatic carbocycles. The molecule has 62 valence electrons. The summed E-state index contributed by atoms with van der Waals surface area (Å²) in [6.07, 6.45) is 4.76. The van der Waals surface area contributed by atoms with E-state index in [1.54, 1.807) is 6.08 Å². The Kier molecular flexibility index (Phi) is 5.07. The predicted molar refractivity (Wildman–Crippen MR) is 40.8 cm³/mol. The van der Waals surface area contributed by atoms with Gasteiger partial charge in [-0.15, -0.1) is 0 Å². The molecule has 0 rings (SSSR count). The number of allylic oxidation sites excluding steroid dienone is 1. The van der Waals surface area contributed by atoms with Crippen molar-refractivity contribution in [1.82, 2.24) is 0 Å². The summed E-state index contributed by atoms with van der Waals surface area (Å²) in [5, 5.41) is 0. The van der Waals surface area contributed by atoms with Gasteiger partial charge in [0.15, 0.2) is 0 Å². The van der Waals surface area contributed by atoms with Crippen LogP contribution in [0.15, 0.2) is 12.2 Å². The van der Waals surface area contributed by atoms with E-state index >= 15 is 0 Å². The summed E-state index contributed by atoms with van der Waals surface area (Å²) in [6.45, 7) is 3.20. The summed E-state index contributed by atoms with van der Waals surface area (Å²) in [4.78, 5) is 20.8. The third-order valence-corrected chi connectivity index (χ3v) is 0.954. The van der Waals surface area contributed by atoms with Crippen molar-refractivity contribution >= 4 is 11.9 Å². The fraction of sp³-hybridized carbons (Fsp3) is 0.500. The van der Waals surface area contributed by atoms with E-state index in [4.69, 9.17) is 0 Å². The number of carbonyl (C=O) groups excluding carboxylic acids is 2. The number of esters is 2. The molecule has 3 heteroatoms. The minimum absolute atomic E-state index is 0.573. The van der Waals surface area contributed by atoms with Gasteiger partial charge in [0.25, 0.3) is 0 Å². The van der Waals surface area contributed by atoms with E-state index in [-0.39, 0.29) is 0 Å². The molecule has 0 aliphatic heterocycles. The molecule has 11 heavy (non-hydrogen) atoms. The summed E-state index contributed by atoms with van der Waals surface area (Å²) in [7, 11) is 0. The molecule has 0 aliphatic rings. The van der Waals surface area contributed by atoms with Crippen LogP contribution in [0.4, 0.5) is 0 Å². The third kappa shape index (κ3) is 6.77. The van der Waals surface area contributed by atoms with Gasteiger partial charge in [0.05, 0.1) is 0 Å². The van der Waals surface area contributed by atoms with Gasteiger partial charge >= 0.3 is 11.9 Å². The van der Waals surface area contributed by atoms with Gasteiger partial charge in [-0.05, 0) is 6.42 Å². The predicted octanol–water partition coefficient (Wildman–Crippen LogP) is 1.43. The van der Waals surface area contributed by atoms with E-state index in [0.29, 0.717) is 0 Å². The van der Waals surface area contributed by atoms with E-state index in [0.717, 1.165) is 12.8 Å². The molecule has 0 spiro atoms. The van der Waals surface area contributed by atoms with Crippen LogP contribution in [-0.2, 0) is 14.3 Å². The Morgan fingerprint density at radius 1 is 1.45 bits per heavy atom. The normalized spacial score (nSPS) is 10.0. The summed E-state index contributed by atoms with van der Waals surface area (Å²) >= 11 is 0. The first-order chi connectivity index (χ1) is 5.16. The molecule has 0 saturated heterocycles. The van der Waals surface area contributed by atoms with Crippen LogP contribution in [-0.4, -0.2) is 11.9 Å². The van der Waals surface area contributed by atoms with Crippen LogP contribution in [0.5, 0.6) is 0 Å². The first-order valence-electron chi connectivity index (χ1n) is 3.55. The molecule has 3 nitrogen and oxygen atoms in total. The third-order valence-electron chi connectivity index (χ3n) is 0.954. The molecule has 0 aromatic heterocycles. The zero-order valence-corrected chi connectivity index (χ0v) is 6.79. The first kappa shape index (κ1) is 9.88. The zero-order chi connectivity index (χ0) is 8.69. The Morgan fingerprint density at radius 3 is 2.55 bits per heavy atom. The molecule has 0 aromatic rings. The molecule has 0 N–H and O–H groups in total. The molecule has 0 unspecified atom stereocenters. The highest BCUT2D eigenvalue weighted by Gasteiger charge is 1.98. The SMILES string of the molecule is CCCC=CC(=O)OC(C)=O. The van der Waals surface area contributed by atoms with Crippen molar-refractivity contribution in [2.45, 2.75) is 26.7 Å². The standard InChI is InChI=1S/C8H12O3/c1-3-4-5-6-8(10)11-7(2)9/h5-6H,3-4H2,1-2H3. The average molecular weight is 156 g/mol. The molecule has 0 fully saturated rings. The number of rotatable bonds is 3. The van der Waals surface area contributed by atoms with Crippen molar-refractivity contribution in [1.29, 1.82) is 0 Å². The number of hydrogen-bond donors (Lipinski definition) is 0. The van der Waals surface area contributed by atoms with Crippen molar-refractivity contribution in [2.75, 3.05) is 0 Å². The van der Waals surface area contributed by atoms with Crippen LogP contribution in [0.1, 0.15) is 26.7 Å². The van der Waals surface area contributed by atoms with Gasteiger partial charge in [0.1, 0.15) is 0 Å². The minimum atomic E-state index is -0.592. The van der Waals surface area contributed by atoms with Gasteiger partial charge in [-0.3, -0.25) is 4.79 Å². The molecule has 0 bridgehead atoms. The Hall–Kier alpha value is -1.12. The highest BCUT2D eigenvalue weighted by atomic mass is 16.6. The Bertz CT molecular complexity index is 170. The van der Waals surface area contributed by atoms with Gasteiger partial charge in [-0.1, -0.05) is 19.4 Å². The van der Waals surface area contributed by atoms with Crippen LogP contribution in [0.2, 0.25) is 0 Å². The van der Waals surface area contributed by atoms with Crippen LogP contribution in [0.25, 0.3) is 0 Å². The van der Waals surface area contributed by atoms with Crippen LogP contribution >= 0.6 is 0 Å². The molecular formula is C8H12O3. The highest BCUT2D eigenvalue weighted by molar-refractivity contribution is 5.91. The van der Waals surface area contributed by atoms with Gasteiger partial charge in [-0.25, -0.2) is 4.79 Å². The fourth-order valence-corrected chi connectivity index (χ4v) is 0.522. The quantitative estimate of drug-likeness (QED) is 0.352. The monoisotopic (exact) mass is 156 g/mol. The van der Waals surface area contributed by atoms with E-state index in [2.05, 4.69) is 4.74 Å². The van der Waals surface area contributed by atoms with Crippen LogP contribution < -0.4 is 0 Å². The summed E-state index contributed by atoms with van der Waals surface area (Å²) < 4.78 is 4.23. The Labute approximate surface area is 66.0 Å². The maximum atomic E-state index is 10.6. The smallest absolute Gasteiger partial charge is 0.338 e. The van der Waals surface area contributed by atoms with Gasteiger partial charge < -0.3 is 4.74 Å². The lowest BCUT2D eigenvalue weighted by atomic mass is 10.3. The molecule has 0 aliphatic carbocycles. The van der Waals surface area contributed by atoms with Crippen molar-refractivity contribution in [3.8, 4) is 0 Å². The van der Waals surface area contributed by atoms with Crippen molar-refractivity contribution in [3.05, 3.63) is 12.2 Å². The summed E-state index contributed by atoms with van der Waals surface area (Å²) in [5.41, 5.74) is 0. The van der Waals surface area contributed by atoms with Gasteiger partial charge in [0, 0.05) is 13.0 Å². The van der Waals surface area contributed by atoms with E-state index in [9.17, 15) is 9.59 Å². The number of hydrogen-bond acceptors (Lipinski definition) is 3. The highest BCUT2D eigenvalue weighted by Crippen LogP contribution is 1.89. The Balaban J connectivity index is 3.60. The maximum Gasteiger partial charge on any atom is 0.338 e. The lowest BCUT2D eigenvalue weighted by molar-refractivity contribution is -0.154. The van der Waals surface area contributed by atoms with E-state index in [1.807, 2.05) is 6.92 Å². The first-order valence-corrected chi connectivity index (χ1v) is 3.55. The van der Waals surface area contributed by atoms with E-state index in [1.165, 1.54) is 13.0 Å². The zero-order valence-electron chi connectivity index (χ0n) is 6.79. The molecule has 0 heterocycles. The fourth-order valence-electron chi connectivity index (χ4n) is 0.522. The van der Waals surface area contributed by atoms with Gasteiger partial charge in [-0.2, -0.15) is 0 Å². The molecule has 0 atom stereocenters. The van der Waals surface area contributed by atoms with Crippen LogP contribution in [0.3, 0.4) is 0 Å². The molecule has 0 saturated carbocycles. The molecule has 0 radical (unpaired) electrons. The number of carbonyl (C=O) groups is 2. The van der Waals surface area contributed by atoms with Gasteiger partial charge in [0.2, 0.25) is 0 Å². The van der Waals surface area contributed by atoms with Crippen LogP contribution in [0, 0.1) is 0 Å². The molecular weight excluding hydrogens is 144 g/mol. The Morgan fingerprint density at radius 2 is 2.09 bits per heavy atom. The van der Waals surface area contributed by atoms with Crippen molar-refractivity contribution in [2.24, 2.45) is 0 Å². The van der Waals surface area contributed by atoms with E-state index < -0.39 is 11.9 Å². The lowest BCUT2D eigenvalue weighted by Crippen LogP contribution is -2.05. The largest absolute Gasteiger partial charge is 0.390 e. The molecule has 0 amide bonds. The lowest BCUT2D eigenvalue weighted by Gasteiger charge is -1.91. The second-order valence-electron chi connectivity index (χ2n) is 2.10. The average Bonchev–Trinajstić information content (AvgIpc) is 1.86. The number of ether oxygens (including phenoxy) is 1. The second kappa shape index (κ2) is 5.65. The summed E-state index contributed by atoms with van der Waals surface area (Å²) in [5.74, 6) is -1.16.